The van der Waals surface area contributed by atoms with Gasteiger partial charge in [0.15, 0.2) is 5.60 Å². The quantitative estimate of drug-likeness (QED) is 0.641. The van der Waals surface area contributed by atoms with Crippen LogP contribution in [0, 0.1) is 5.82 Å². The smallest absolute Gasteiger partial charge is 0.350 e. The summed E-state index contributed by atoms with van der Waals surface area (Å²) in [7, 11) is 0. The number of ether oxygens (including phenoxy) is 3. The van der Waals surface area contributed by atoms with Gasteiger partial charge in [0, 0.05) is 0 Å². The van der Waals surface area contributed by atoms with Crippen molar-refractivity contribution >= 4 is 18.0 Å². The summed E-state index contributed by atoms with van der Waals surface area (Å²) in [5.41, 5.74) is -1.02. The fourth-order valence-electron chi connectivity index (χ4n) is 2.73. The minimum Gasteiger partial charge on any atom is -0.476 e. The minimum absolute atomic E-state index is 0.157. The van der Waals surface area contributed by atoms with E-state index in [-0.39, 0.29) is 24.5 Å². The Morgan fingerprint density at radius 1 is 1.14 bits per heavy atom. The van der Waals surface area contributed by atoms with Gasteiger partial charge in [-0.1, -0.05) is 6.92 Å². The zero-order valence-corrected chi connectivity index (χ0v) is 16.8. The summed E-state index contributed by atoms with van der Waals surface area (Å²) in [5, 5.41) is 5.14. The number of nitrogens with one attached hydrogen (secondary N) is 2. The molecule has 0 saturated carbocycles. The van der Waals surface area contributed by atoms with Gasteiger partial charge in [0.1, 0.15) is 18.2 Å². The molecule has 0 fully saturated rings. The molecule has 9 heteroatoms. The molecule has 1 aromatic carbocycles. The molecule has 1 atom stereocenters. The first kappa shape index (κ1) is 22.2. The third-order valence-corrected chi connectivity index (χ3v) is 4.17. The molecule has 0 aliphatic carbocycles. The van der Waals surface area contributed by atoms with E-state index < -0.39 is 35.4 Å². The van der Waals surface area contributed by atoms with E-state index in [2.05, 4.69) is 10.6 Å². The summed E-state index contributed by atoms with van der Waals surface area (Å²) in [5.74, 6) is -1.46. The van der Waals surface area contributed by atoms with Gasteiger partial charge in [0.05, 0.1) is 23.9 Å². The Kier molecular flexibility index (Phi) is 7.19. The topological polar surface area (TPSA) is 103 Å². The third kappa shape index (κ3) is 5.69. The highest BCUT2D eigenvalue weighted by molar-refractivity contribution is 5.95. The number of benzene rings is 1. The van der Waals surface area contributed by atoms with Gasteiger partial charge in [-0.05, 0) is 51.5 Å². The Morgan fingerprint density at radius 2 is 1.79 bits per heavy atom. The molecule has 0 saturated heterocycles. The molecule has 2 rings (SSSR count). The highest BCUT2D eigenvalue weighted by Crippen LogP contribution is 2.21. The monoisotopic (exact) mass is 408 g/mol. The molecule has 0 unspecified atom stereocenters. The van der Waals surface area contributed by atoms with Gasteiger partial charge in [0.25, 0.3) is 0 Å². The number of hydrogen-bond acceptors (Lipinski definition) is 6. The van der Waals surface area contributed by atoms with Gasteiger partial charge in [0.2, 0.25) is 0 Å². The first-order valence-electron chi connectivity index (χ1n) is 9.27. The molecule has 0 radical (unpaired) electrons. The average Bonchev–Trinajstić information content (AvgIpc) is 2.67. The van der Waals surface area contributed by atoms with Crippen molar-refractivity contribution in [1.82, 2.24) is 10.6 Å². The molecule has 0 aromatic heterocycles. The fourth-order valence-corrected chi connectivity index (χ4v) is 2.73. The molecule has 29 heavy (non-hydrogen) atoms. The van der Waals surface area contributed by atoms with Crippen molar-refractivity contribution in [2.24, 2.45) is 0 Å². The Bertz CT molecular complexity index is 804. The number of carbonyl (C=O) groups excluding carboxylic acids is 3. The van der Waals surface area contributed by atoms with Gasteiger partial charge >= 0.3 is 18.0 Å². The van der Waals surface area contributed by atoms with Gasteiger partial charge in [-0.25, -0.2) is 18.8 Å². The maximum absolute atomic E-state index is 13.0. The van der Waals surface area contributed by atoms with Crippen molar-refractivity contribution in [3.05, 3.63) is 41.4 Å². The molecule has 0 bridgehead atoms. The van der Waals surface area contributed by atoms with E-state index in [4.69, 9.17) is 14.2 Å². The van der Waals surface area contributed by atoms with Crippen molar-refractivity contribution in [1.29, 1.82) is 0 Å². The summed E-state index contributed by atoms with van der Waals surface area (Å²) in [6.07, 6.45) is 0.457. The lowest BCUT2D eigenvalue weighted by atomic mass is 10.0. The van der Waals surface area contributed by atoms with E-state index in [9.17, 15) is 18.8 Å². The molecule has 0 spiro atoms. The number of carbonyl (C=O) groups is 3. The highest BCUT2D eigenvalue weighted by atomic mass is 19.1. The summed E-state index contributed by atoms with van der Waals surface area (Å²) < 4.78 is 29.0. The summed E-state index contributed by atoms with van der Waals surface area (Å²) in [4.78, 5) is 36.7. The van der Waals surface area contributed by atoms with Crippen LogP contribution in [0.5, 0.6) is 5.75 Å². The van der Waals surface area contributed by atoms with Crippen LogP contribution in [0.25, 0.3) is 0 Å². The Morgan fingerprint density at radius 3 is 2.38 bits per heavy atom. The zero-order chi connectivity index (χ0) is 21.6. The van der Waals surface area contributed by atoms with Crippen LogP contribution in [0.4, 0.5) is 9.18 Å². The first-order valence-corrected chi connectivity index (χ1v) is 9.27. The number of amides is 2. The normalized spacial score (nSPS) is 16.6. The lowest BCUT2D eigenvalue weighted by molar-refractivity contribution is -0.158. The predicted octanol–water partition coefficient (Wildman–Crippen LogP) is 2.43. The first-order chi connectivity index (χ1) is 13.7. The van der Waals surface area contributed by atoms with Crippen molar-refractivity contribution in [3.8, 4) is 5.75 Å². The van der Waals surface area contributed by atoms with Gasteiger partial charge in [-0.15, -0.1) is 0 Å². The van der Waals surface area contributed by atoms with Crippen LogP contribution in [0.1, 0.15) is 34.1 Å². The lowest BCUT2D eigenvalue weighted by Gasteiger charge is -2.29. The van der Waals surface area contributed by atoms with Crippen LogP contribution >= 0.6 is 0 Å². The molecule has 158 valence electrons. The molecule has 2 N–H and O–H groups in total. The second kappa shape index (κ2) is 9.40. The minimum atomic E-state index is -1.39. The molecule has 1 aromatic rings. The maximum atomic E-state index is 13.0. The Labute approximate surface area is 168 Å². The van der Waals surface area contributed by atoms with Crippen LogP contribution < -0.4 is 15.4 Å². The summed E-state index contributed by atoms with van der Waals surface area (Å²) in [6.45, 7) is 6.29. The summed E-state index contributed by atoms with van der Waals surface area (Å²) >= 11 is 0. The second-order valence-electron chi connectivity index (χ2n) is 6.81. The van der Waals surface area contributed by atoms with Crippen molar-refractivity contribution in [3.63, 3.8) is 0 Å². The largest absolute Gasteiger partial charge is 0.476 e. The Hall–Kier alpha value is -3.10. The number of hydrogen-bond donors (Lipinski definition) is 2. The van der Waals surface area contributed by atoms with E-state index in [0.29, 0.717) is 12.2 Å². The van der Waals surface area contributed by atoms with Crippen molar-refractivity contribution in [2.75, 3.05) is 13.2 Å². The summed E-state index contributed by atoms with van der Waals surface area (Å²) in [6, 6.07) is 4.15. The van der Waals surface area contributed by atoms with E-state index in [1.165, 1.54) is 38.1 Å². The highest BCUT2D eigenvalue weighted by Gasteiger charge is 2.35. The van der Waals surface area contributed by atoms with Gasteiger partial charge in [-0.2, -0.15) is 0 Å². The fraction of sp³-hybridized carbons (Fsp3) is 0.450. The maximum Gasteiger partial charge on any atom is 0.350 e. The third-order valence-electron chi connectivity index (χ3n) is 4.17. The molecular formula is C20H25FN2O6. The molecule has 2 amide bonds. The lowest BCUT2D eigenvalue weighted by Crippen LogP contribution is -2.51. The van der Waals surface area contributed by atoms with Crippen LogP contribution in [0.2, 0.25) is 0 Å². The molecular weight excluding hydrogens is 383 g/mol. The van der Waals surface area contributed by atoms with E-state index in [1.54, 1.807) is 13.8 Å². The number of halogens is 1. The van der Waals surface area contributed by atoms with Gasteiger partial charge < -0.3 is 24.8 Å². The van der Waals surface area contributed by atoms with Crippen molar-refractivity contribution in [2.45, 2.75) is 45.8 Å². The molecule has 1 aliphatic rings. The molecule has 1 heterocycles. The Balaban J connectivity index is 2.14. The van der Waals surface area contributed by atoms with Crippen LogP contribution in [0.15, 0.2) is 35.5 Å². The predicted molar refractivity (Wildman–Crippen MR) is 101 cm³/mol. The van der Waals surface area contributed by atoms with Crippen LogP contribution in [0.3, 0.4) is 0 Å². The van der Waals surface area contributed by atoms with Crippen LogP contribution in [-0.2, 0) is 19.1 Å². The average molecular weight is 408 g/mol. The van der Waals surface area contributed by atoms with E-state index in [1.807, 2.05) is 0 Å². The number of esters is 2. The molecule has 1 aliphatic heterocycles. The van der Waals surface area contributed by atoms with Gasteiger partial charge in [-0.3, -0.25) is 0 Å². The molecule has 8 nitrogen and oxygen atoms in total. The second-order valence-corrected chi connectivity index (χ2v) is 6.81. The van der Waals surface area contributed by atoms with Crippen LogP contribution in [-0.4, -0.2) is 42.8 Å². The number of urea groups is 1. The zero-order valence-electron chi connectivity index (χ0n) is 16.8. The van der Waals surface area contributed by atoms with E-state index in [0.717, 1.165) is 0 Å². The van der Waals surface area contributed by atoms with E-state index >= 15 is 0 Å². The SMILES string of the molecule is CCOC(=O)C1=C(COC(=O)C(C)(C)Oc2ccc(F)cc2)NC(=O)N[C@@H]1CC. The van der Waals surface area contributed by atoms with Crippen molar-refractivity contribution < 1.29 is 33.0 Å². The standard InChI is InChI=1S/C20H25FN2O6/c1-5-14-16(17(24)27-6-2)15(23-19(26)22-14)11-28-18(25)20(3,4)29-13-9-7-12(21)8-10-13/h7-10,14H,5-6,11H2,1-4H3,(H2,22,23,26)/t14-/m1/s1. The number of rotatable bonds is 8.